The molecule has 1 aliphatic carbocycles. The normalized spacial score (nSPS) is 31.2. The number of carbonyl (C=O) groups excluding carboxylic acids is 1. The van der Waals surface area contributed by atoms with E-state index in [2.05, 4.69) is 0 Å². The Balaban J connectivity index is 2.52. The highest BCUT2D eigenvalue weighted by molar-refractivity contribution is 5.80. The Morgan fingerprint density at radius 1 is 1.50 bits per heavy atom. The molecule has 3 nitrogen and oxygen atoms in total. The quantitative estimate of drug-likeness (QED) is 0.767. The number of hydrogen-bond acceptors (Lipinski definition) is 2. The van der Waals surface area contributed by atoms with Gasteiger partial charge in [0.05, 0.1) is 5.92 Å². The topological polar surface area (TPSA) is 55.1 Å². The minimum atomic E-state index is -4.37. The summed E-state index contributed by atoms with van der Waals surface area (Å²) >= 11 is 0. The lowest BCUT2D eigenvalue weighted by molar-refractivity contribution is -0.142. The molecule has 16 heavy (non-hydrogen) atoms. The molecule has 0 aromatic heterocycles. The van der Waals surface area contributed by atoms with Gasteiger partial charge in [0.15, 0.2) is 0 Å². The molecule has 0 saturated heterocycles. The summed E-state index contributed by atoms with van der Waals surface area (Å²) in [5.74, 6) is -1.09. The predicted molar refractivity (Wildman–Crippen MR) is 53.6 cm³/mol. The molecule has 0 heterocycles. The van der Waals surface area contributed by atoms with Gasteiger partial charge in [-0.2, -0.15) is 13.2 Å². The van der Waals surface area contributed by atoms with E-state index in [1.165, 1.54) is 0 Å². The fraction of sp³-hybridized carbons (Fsp3) is 0.900. The van der Waals surface area contributed by atoms with Gasteiger partial charge in [-0.15, -0.1) is 0 Å². The van der Waals surface area contributed by atoms with Gasteiger partial charge >= 0.3 is 6.18 Å². The Morgan fingerprint density at radius 3 is 2.62 bits per heavy atom. The Bertz CT molecular complexity index is 263. The third-order valence-corrected chi connectivity index (χ3v) is 3.03. The zero-order valence-electron chi connectivity index (χ0n) is 9.23. The maximum Gasteiger partial charge on any atom is 0.405 e. The van der Waals surface area contributed by atoms with E-state index >= 15 is 0 Å². The molecule has 1 aliphatic rings. The van der Waals surface area contributed by atoms with Crippen LogP contribution in [0, 0.1) is 5.92 Å². The van der Waals surface area contributed by atoms with Gasteiger partial charge in [-0.3, -0.25) is 4.79 Å². The number of halogens is 3. The van der Waals surface area contributed by atoms with Crippen LogP contribution in [0.15, 0.2) is 0 Å². The Morgan fingerprint density at radius 2 is 2.12 bits per heavy atom. The first-order chi connectivity index (χ1) is 7.22. The number of nitrogens with one attached hydrogen (secondary N) is 1. The average Bonchev–Trinajstić information content (AvgIpc) is 2.12. The van der Waals surface area contributed by atoms with E-state index in [1.54, 1.807) is 6.92 Å². The smallest absolute Gasteiger partial charge is 0.347 e. The van der Waals surface area contributed by atoms with Crippen molar-refractivity contribution in [3.63, 3.8) is 0 Å². The van der Waals surface area contributed by atoms with Gasteiger partial charge in [0.2, 0.25) is 5.91 Å². The highest BCUT2D eigenvalue weighted by atomic mass is 19.4. The van der Waals surface area contributed by atoms with Crippen molar-refractivity contribution in [2.75, 3.05) is 6.54 Å². The molecule has 0 aliphatic heterocycles. The van der Waals surface area contributed by atoms with E-state index < -0.39 is 30.1 Å². The second-order valence-corrected chi connectivity index (χ2v) is 4.64. The summed E-state index contributed by atoms with van der Waals surface area (Å²) in [6.45, 7) is 0.447. The first kappa shape index (κ1) is 13.3. The second-order valence-electron chi connectivity index (χ2n) is 4.64. The third-order valence-electron chi connectivity index (χ3n) is 3.03. The molecule has 1 fully saturated rings. The lowest BCUT2D eigenvalue weighted by Crippen LogP contribution is -2.53. The van der Waals surface area contributed by atoms with E-state index in [1.807, 2.05) is 5.32 Å². The molecule has 2 unspecified atom stereocenters. The van der Waals surface area contributed by atoms with E-state index in [-0.39, 0.29) is 0 Å². The summed E-state index contributed by atoms with van der Waals surface area (Å²) in [5.41, 5.74) is 5.23. The molecule has 94 valence electrons. The van der Waals surface area contributed by atoms with E-state index in [9.17, 15) is 18.0 Å². The van der Waals surface area contributed by atoms with Gasteiger partial charge in [0, 0.05) is 5.54 Å². The van der Waals surface area contributed by atoms with Gasteiger partial charge in [0.25, 0.3) is 0 Å². The minimum absolute atomic E-state index is 0.511. The van der Waals surface area contributed by atoms with Gasteiger partial charge in [0.1, 0.15) is 6.54 Å². The Kier molecular flexibility index (Phi) is 3.83. The summed E-state index contributed by atoms with van der Waals surface area (Å²) in [6.07, 6.45) is -1.35. The fourth-order valence-electron chi connectivity index (χ4n) is 2.10. The zero-order valence-corrected chi connectivity index (χ0v) is 9.23. The maximum atomic E-state index is 11.9. The molecule has 0 aromatic rings. The van der Waals surface area contributed by atoms with Crippen molar-refractivity contribution in [2.24, 2.45) is 11.7 Å². The molecule has 3 N–H and O–H groups in total. The van der Waals surface area contributed by atoms with Crippen LogP contribution >= 0.6 is 0 Å². The highest BCUT2D eigenvalue weighted by Gasteiger charge is 2.39. The summed E-state index contributed by atoms with van der Waals surface area (Å²) in [4.78, 5) is 11.6. The number of nitrogens with two attached hydrogens (primary N) is 1. The monoisotopic (exact) mass is 238 g/mol. The van der Waals surface area contributed by atoms with Crippen LogP contribution in [0.5, 0.6) is 0 Å². The molecular formula is C10H17F3N2O. The molecule has 1 amide bonds. The van der Waals surface area contributed by atoms with Gasteiger partial charge in [-0.1, -0.05) is 12.8 Å². The number of hydrogen-bond donors (Lipinski definition) is 2. The van der Waals surface area contributed by atoms with Crippen LogP contribution in [-0.2, 0) is 4.79 Å². The summed E-state index contributed by atoms with van der Waals surface area (Å²) < 4.78 is 35.8. The lowest BCUT2D eigenvalue weighted by atomic mass is 9.74. The van der Waals surface area contributed by atoms with Crippen LogP contribution in [0.1, 0.15) is 32.6 Å². The van der Waals surface area contributed by atoms with Crippen molar-refractivity contribution in [1.82, 2.24) is 5.32 Å². The number of alkyl halides is 3. The maximum absolute atomic E-state index is 11.9. The van der Waals surface area contributed by atoms with Crippen molar-refractivity contribution in [1.29, 1.82) is 0 Å². The molecule has 2 atom stereocenters. The molecular weight excluding hydrogens is 221 g/mol. The fourth-order valence-corrected chi connectivity index (χ4v) is 2.10. The largest absolute Gasteiger partial charge is 0.405 e. The van der Waals surface area contributed by atoms with Crippen molar-refractivity contribution in [3.8, 4) is 0 Å². The molecule has 0 aromatic carbocycles. The van der Waals surface area contributed by atoms with Crippen LogP contribution < -0.4 is 11.1 Å². The zero-order chi connectivity index (χ0) is 12.4. The first-order valence-corrected chi connectivity index (χ1v) is 5.36. The Labute approximate surface area is 92.6 Å². The van der Waals surface area contributed by atoms with Gasteiger partial charge < -0.3 is 11.1 Å². The van der Waals surface area contributed by atoms with Crippen LogP contribution in [0.4, 0.5) is 13.2 Å². The second kappa shape index (κ2) is 4.61. The van der Waals surface area contributed by atoms with Crippen molar-refractivity contribution >= 4 is 5.91 Å². The number of amides is 1. The van der Waals surface area contributed by atoms with Gasteiger partial charge in [-0.25, -0.2) is 0 Å². The van der Waals surface area contributed by atoms with E-state index in [0.29, 0.717) is 12.8 Å². The molecule has 0 bridgehead atoms. The molecule has 0 spiro atoms. The van der Waals surface area contributed by atoms with Crippen LogP contribution in [0.25, 0.3) is 0 Å². The Hall–Kier alpha value is -0.780. The SMILES string of the molecule is CC1(N)CCCCC1C(=O)NCC(F)(F)F. The van der Waals surface area contributed by atoms with Crippen LogP contribution in [0.3, 0.4) is 0 Å². The first-order valence-electron chi connectivity index (χ1n) is 5.36. The van der Waals surface area contributed by atoms with E-state index in [4.69, 9.17) is 5.73 Å². The predicted octanol–water partition coefficient (Wildman–Crippen LogP) is 1.57. The standard InChI is InChI=1S/C10H17F3N2O/c1-9(14)5-3-2-4-7(9)8(16)15-6-10(11,12)13/h7H,2-6,14H2,1H3,(H,15,16). The van der Waals surface area contributed by atoms with Crippen molar-refractivity contribution in [2.45, 2.75) is 44.3 Å². The van der Waals surface area contributed by atoms with E-state index in [0.717, 1.165) is 12.8 Å². The summed E-state index contributed by atoms with van der Waals surface area (Å²) in [7, 11) is 0. The molecule has 6 heteroatoms. The van der Waals surface area contributed by atoms with Crippen molar-refractivity contribution in [3.05, 3.63) is 0 Å². The lowest BCUT2D eigenvalue weighted by Gasteiger charge is -2.37. The van der Waals surface area contributed by atoms with Gasteiger partial charge in [-0.05, 0) is 19.8 Å². The molecule has 1 rings (SSSR count). The summed E-state index contributed by atoms with van der Waals surface area (Å²) in [5, 5.41) is 1.90. The van der Waals surface area contributed by atoms with Crippen LogP contribution in [-0.4, -0.2) is 24.2 Å². The highest BCUT2D eigenvalue weighted by Crippen LogP contribution is 2.31. The average molecular weight is 238 g/mol. The summed E-state index contributed by atoms with van der Waals surface area (Å²) in [6, 6.07) is 0. The molecule has 1 saturated carbocycles. The molecule has 0 radical (unpaired) electrons. The number of carbonyl (C=O) groups is 1. The minimum Gasteiger partial charge on any atom is -0.347 e. The number of rotatable bonds is 2. The van der Waals surface area contributed by atoms with Crippen LogP contribution in [0.2, 0.25) is 0 Å². The van der Waals surface area contributed by atoms with Crippen molar-refractivity contribution < 1.29 is 18.0 Å². The third kappa shape index (κ3) is 3.66.